The summed E-state index contributed by atoms with van der Waals surface area (Å²) < 4.78 is 15.3. The Morgan fingerprint density at radius 1 is 1.33 bits per heavy atom. The predicted octanol–water partition coefficient (Wildman–Crippen LogP) is 2.96. The average Bonchev–Trinajstić information content (AvgIpc) is 3.14. The first-order valence-corrected chi connectivity index (χ1v) is 7.27. The van der Waals surface area contributed by atoms with Crippen LogP contribution in [0.5, 0.6) is 0 Å². The van der Waals surface area contributed by atoms with Crippen molar-refractivity contribution in [2.75, 3.05) is 13.1 Å². The summed E-state index contributed by atoms with van der Waals surface area (Å²) in [5, 5.41) is 4.49. The number of aromatic nitrogens is 2. The molecule has 0 bridgehead atoms. The predicted molar refractivity (Wildman–Crippen MR) is 77.9 cm³/mol. The van der Waals surface area contributed by atoms with Crippen molar-refractivity contribution in [3.8, 4) is 0 Å². The first kappa shape index (κ1) is 14.1. The molecule has 1 aromatic heterocycles. The summed E-state index contributed by atoms with van der Waals surface area (Å²) in [7, 11) is 0. The fourth-order valence-electron chi connectivity index (χ4n) is 2.51. The monoisotopic (exact) mass is 307 g/mol. The number of carbonyl (C=O) groups is 1. The number of hydrogen-bond donors (Lipinski definition) is 0. The first-order chi connectivity index (χ1) is 10.1. The molecule has 1 aliphatic heterocycles. The minimum Gasteiger partial charge on any atom is -0.339 e. The van der Waals surface area contributed by atoms with E-state index < -0.39 is 0 Å². The van der Waals surface area contributed by atoms with Crippen LogP contribution in [0, 0.1) is 5.82 Å². The third-order valence-corrected chi connectivity index (χ3v) is 4.01. The van der Waals surface area contributed by atoms with Gasteiger partial charge in [-0.15, -0.1) is 0 Å². The minimum atomic E-state index is -0.370. The van der Waals surface area contributed by atoms with E-state index in [9.17, 15) is 9.18 Å². The van der Waals surface area contributed by atoms with Crippen molar-refractivity contribution in [3.05, 3.63) is 52.6 Å². The summed E-state index contributed by atoms with van der Waals surface area (Å²) >= 11 is 6.00. The Morgan fingerprint density at radius 2 is 2.10 bits per heavy atom. The number of carbonyl (C=O) groups excluding carboxylic acids is 1. The molecule has 2 heterocycles. The van der Waals surface area contributed by atoms with Crippen LogP contribution in [0.3, 0.4) is 0 Å². The van der Waals surface area contributed by atoms with Gasteiger partial charge < -0.3 is 4.90 Å². The molecule has 0 aliphatic carbocycles. The van der Waals surface area contributed by atoms with E-state index in [1.807, 2.05) is 4.90 Å². The number of benzene rings is 1. The molecule has 0 spiro atoms. The van der Waals surface area contributed by atoms with E-state index in [2.05, 4.69) is 5.10 Å². The van der Waals surface area contributed by atoms with Gasteiger partial charge in [-0.2, -0.15) is 5.10 Å². The highest BCUT2D eigenvalue weighted by atomic mass is 35.5. The normalized spacial score (nSPS) is 14.7. The van der Waals surface area contributed by atoms with Crippen molar-refractivity contribution in [2.45, 2.75) is 19.4 Å². The van der Waals surface area contributed by atoms with Crippen LogP contribution in [0.2, 0.25) is 5.02 Å². The van der Waals surface area contributed by atoms with E-state index >= 15 is 0 Å². The van der Waals surface area contributed by atoms with Crippen molar-refractivity contribution >= 4 is 17.5 Å². The summed E-state index contributed by atoms with van der Waals surface area (Å²) in [5.41, 5.74) is 0.909. The highest BCUT2D eigenvalue weighted by Crippen LogP contribution is 2.20. The highest BCUT2D eigenvalue weighted by Gasteiger charge is 2.20. The lowest BCUT2D eigenvalue weighted by Crippen LogP contribution is -2.27. The fourth-order valence-corrected chi connectivity index (χ4v) is 2.73. The van der Waals surface area contributed by atoms with Crippen LogP contribution in [0.25, 0.3) is 0 Å². The molecule has 3 rings (SSSR count). The molecule has 1 fully saturated rings. The molecule has 1 aliphatic rings. The number of nitrogens with zero attached hydrogens (tertiary/aromatic N) is 3. The van der Waals surface area contributed by atoms with Gasteiger partial charge in [0.2, 0.25) is 0 Å². The smallest absolute Gasteiger partial charge is 0.257 e. The summed E-state index contributed by atoms with van der Waals surface area (Å²) in [4.78, 5) is 14.0. The zero-order valence-electron chi connectivity index (χ0n) is 11.4. The van der Waals surface area contributed by atoms with Gasteiger partial charge in [0.05, 0.1) is 18.3 Å². The minimum absolute atomic E-state index is 0.0154. The SMILES string of the molecule is O=C(c1cnn(Cc2c(F)cccc2Cl)c1)N1CCCC1. The Morgan fingerprint density at radius 3 is 2.81 bits per heavy atom. The van der Waals surface area contributed by atoms with Crippen molar-refractivity contribution in [2.24, 2.45) is 0 Å². The van der Waals surface area contributed by atoms with Crippen LogP contribution < -0.4 is 0 Å². The van der Waals surface area contributed by atoms with E-state index in [-0.39, 0.29) is 18.3 Å². The molecule has 110 valence electrons. The van der Waals surface area contributed by atoms with Gasteiger partial charge in [-0.25, -0.2) is 4.39 Å². The maximum atomic E-state index is 13.7. The largest absolute Gasteiger partial charge is 0.339 e. The molecule has 6 heteroatoms. The summed E-state index contributed by atoms with van der Waals surface area (Å²) in [6.45, 7) is 1.80. The Balaban J connectivity index is 1.77. The lowest BCUT2D eigenvalue weighted by molar-refractivity contribution is 0.0792. The Labute approximate surface area is 127 Å². The van der Waals surface area contributed by atoms with Crippen LogP contribution in [-0.4, -0.2) is 33.7 Å². The summed E-state index contributed by atoms with van der Waals surface area (Å²) in [6, 6.07) is 4.56. The van der Waals surface area contributed by atoms with Crippen LogP contribution >= 0.6 is 11.6 Å². The zero-order valence-corrected chi connectivity index (χ0v) is 12.2. The number of halogens is 2. The molecule has 0 saturated carbocycles. The topological polar surface area (TPSA) is 38.1 Å². The van der Waals surface area contributed by atoms with Gasteiger partial charge in [0.15, 0.2) is 0 Å². The molecular formula is C15H15ClFN3O. The van der Waals surface area contributed by atoms with Crippen LogP contribution in [-0.2, 0) is 6.54 Å². The number of rotatable bonds is 3. The van der Waals surface area contributed by atoms with E-state index in [0.717, 1.165) is 25.9 Å². The quantitative estimate of drug-likeness (QED) is 0.874. The molecule has 0 atom stereocenters. The average molecular weight is 308 g/mol. The molecule has 0 radical (unpaired) electrons. The van der Waals surface area contributed by atoms with E-state index in [4.69, 9.17) is 11.6 Å². The van der Waals surface area contributed by atoms with Gasteiger partial charge in [0.25, 0.3) is 5.91 Å². The van der Waals surface area contributed by atoms with E-state index in [1.165, 1.54) is 16.9 Å². The van der Waals surface area contributed by atoms with Crippen LogP contribution in [0.4, 0.5) is 4.39 Å². The Kier molecular flexibility index (Phi) is 3.92. The Hall–Kier alpha value is -1.88. The van der Waals surface area contributed by atoms with Gasteiger partial charge in [0.1, 0.15) is 5.82 Å². The zero-order chi connectivity index (χ0) is 14.8. The van der Waals surface area contributed by atoms with Gasteiger partial charge in [-0.05, 0) is 25.0 Å². The van der Waals surface area contributed by atoms with Gasteiger partial charge >= 0.3 is 0 Å². The molecule has 1 saturated heterocycles. The van der Waals surface area contributed by atoms with Crippen LogP contribution in [0.15, 0.2) is 30.6 Å². The second-order valence-electron chi connectivity index (χ2n) is 5.13. The summed E-state index contributed by atoms with van der Waals surface area (Å²) in [6.07, 6.45) is 5.26. The van der Waals surface area contributed by atoms with Gasteiger partial charge in [-0.3, -0.25) is 9.48 Å². The molecule has 2 aromatic rings. The molecule has 0 unspecified atom stereocenters. The van der Waals surface area contributed by atoms with Gasteiger partial charge in [0, 0.05) is 29.9 Å². The van der Waals surface area contributed by atoms with Crippen LogP contribution in [0.1, 0.15) is 28.8 Å². The van der Waals surface area contributed by atoms with E-state index in [0.29, 0.717) is 16.1 Å². The third kappa shape index (κ3) is 2.93. The van der Waals surface area contributed by atoms with Crippen molar-refractivity contribution in [1.82, 2.24) is 14.7 Å². The second-order valence-corrected chi connectivity index (χ2v) is 5.53. The maximum absolute atomic E-state index is 13.7. The van der Waals surface area contributed by atoms with Crippen molar-refractivity contribution in [3.63, 3.8) is 0 Å². The summed E-state index contributed by atoms with van der Waals surface area (Å²) in [5.74, 6) is -0.385. The maximum Gasteiger partial charge on any atom is 0.257 e. The molecule has 4 nitrogen and oxygen atoms in total. The van der Waals surface area contributed by atoms with Crippen molar-refractivity contribution in [1.29, 1.82) is 0 Å². The molecule has 21 heavy (non-hydrogen) atoms. The third-order valence-electron chi connectivity index (χ3n) is 3.66. The first-order valence-electron chi connectivity index (χ1n) is 6.90. The molecule has 0 N–H and O–H groups in total. The standard InChI is InChI=1S/C15H15ClFN3O/c16-13-4-3-5-14(17)12(13)10-20-9-11(8-18-20)15(21)19-6-1-2-7-19/h3-5,8-9H,1-2,6-7,10H2. The second kappa shape index (κ2) is 5.85. The lowest BCUT2D eigenvalue weighted by atomic mass is 10.2. The fraction of sp³-hybridized carbons (Fsp3) is 0.333. The van der Waals surface area contributed by atoms with Gasteiger partial charge in [-0.1, -0.05) is 17.7 Å². The molecule has 1 amide bonds. The van der Waals surface area contributed by atoms with E-state index in [1.54, 1.807) is 18.3 Å². The number of hydrogen-bond acceptors (Lipinski definition) is 2. The molecular weight excluding hydrogens is 293 g/mol. The number of amides is 1. The number of likely N-dealkylation sites (tertiary alicyclic amines) is 1. The Bertz CT molecular complexity index is 644. The van der Waals surface area contributed by atoms with Crippen molar-refractivity contribution < 1.29 is 9.18 Å². The highest BCUT2D eigenvalue weighted by molar-refractivity contribution is 6.31. The lowest BCUT2D eigenvalue weighted by Gasteiger charge is -2.13. The molecule has 1 aromatic carbocycles.